The van der Waals surface area contributed by atoms with Gasteiger partial charge in [-0.15, -0.1) is 5.10 Å². The highest BCUT2D eigenvalue weighted by Gasteiger charge is 2.24. The molecule has 0 bridgehead atoms. The van der Waals surface area contributed by atoms with E-state index in [1.807, 2.05) is 30.0 Å². The van der Waals surface area contributed by atoms with Crippen LogP contribution in [0.4, 0.5) is 5.82 Å². The summed E-state index contributed by atoms with van der Waals surface area (Å²) in [5.74, 6) is 1.07. The predicted molar refractivity (Wildman–Crippen MR) is 83.7 cm³/mol. The topological polar surface area (TPSA) is 58.6 Å². The summed E-state index contributed by atoms with van der Waals surface area (Å²) in [5.41, 5.74) is 2.14. The van der Waals surface area contributed by atoms with Crippen LogP contribution in [0, 0.1) is 0 Å². The highest BCUT2D eigenvalue weighted by atomic mass is 16.5. The van der Waals surface area contributed by atoms with Crippen molar-refractivity contribution in [1.82, 2.24) is 15.1 Å². The summed E-state index contributed by atoms with van der Waals surface area (Å²) in [5, 5.41) is 8.50. The van der Waals surface area contributed by atoms with E-state index in [2.05, 4.69) is 10.2 Å². The maximum absolute atomic E-state index is 12.4. The Bertz CT molecular complexity index is 541. The molecule has 3 rings (SSSR count). The molecule has 6 nitrogen and oxygen atoms in total. The summed E-state index contributed by atoms with van der Waals surface area (Å²) in [6.45, 7) is 2.24. The van der Waals surface area contributed by atoms with Gasteiger partial charge in [0.1, 0.15) is 0 Å². The zero-order valence-corrected chi connectivity index (χ0v) is 13.4. The van der Waals surface area contributed by atoms with Crippen molar-refractivity contribution in [1.29, 1.82) is 0 Å². The molecule has 0 unspecified atom stereocenters. The first-order chi connectivity index (χ1) is 10.6. The van der Waals surface area contributed by atoms with Gasteiger partial charge in [0.15, 0.2) is 5.82 Å². The lowest BCUT2D eigenvalue weighted by molar-refractivity contribution is -0.132. The molecule has 1 saturated heterocycles. The van der Waals surface area contributed by atoms with E-state index in [4.69, 9.17) is 4.74 Å². The lowest BCUT2D eigenvalue weighted by atomic mass is 10.0. The van der Waals surface area contributed by atoms with Crippen molar-refractivity contribution in [2.45, 2.75) is 44.8 Å². The van der Waals surface area contributed by atoms with Gasteiger partial charge in [0.25, 0.3) is 0 Å². The minimum Gasteiger partial charge on any atom is -0.378 e. The number of nitrogens with zero attached hydrogens (tertiary/aromatic N) is 4. The molecule has 1 aromatic rings. The molecule has 3 heterocycles. The van der Waals surface area contributed by atoms with E-state index in [0.717, 1.165) is 55.9 Å². The Morgan fingerprint density at radius 1 is 1.45 bits per heavy atom. The van der Waals surface area contributed by atoms with Crippen molar-refractivity contribution in [2.24, 2.45) is 0 Å². The monoisotopic (exact) mass is 304 g/mol. The van der Waals surface area contributed by atoms with Crippen LogP contribution in [0.15, 0.2) is 6.07 Å². The van der Waals surface area contributed by atoms with E-state index in [0.29, 0.717) is 13.0 Å². The molecule has 1 aromatic heterocycles. The molecule has 1 amide bonds. The number of carbonyl (C=O) groups excluding carboxylic acids is 1. The molecule has 1 fully saturated rings. The molecule has 22 heavy (non-hydrogen) atoms. The van der Waals surface area contributed by atoms with Crippen LogP contribution in [0.1, 0.15) is 36.9 Å². The molecular formula is C16H24N4O2. The largest absolute Gasteiger partial charge is 0.378 e. The summed E-state index contributed by atoms with van der Waals surface area (Å²) in [6, 6.07) is 2.04. The Balaban J connectivity index is 1.60. The third-order valence-electron chi connectivity index (χ3n) is 4.44. The van der Waals surface area contributed by atoms with Crippen molar-refractivity contribution in [3.05, 3.63) is 17.3 Å². The van der Waals surface area contributed by atoms with Crippen molar-refractivity contribution >= 4 is 11.7 Å². The predicted octanol–water partition coefficient (Wildman–Crippen LogP) is 1.39. The van der Waals surface area contributed by atoms with Gasteiger partial charge in [-0.1, -0.05) is 0 Å². The minimum absolute atomic E-state index is 0.226. The maximum Gasteiger partial charge on any atom is 0.222 e. The summed E-state index contributed by atoms with van der Waals surface area (Å²) in [4.78, 5) is 16.3. The Morgan fingerprint density at radius 2 is 2.32 bits per heavy atom. The maximum atomic E-state index is 12.4. The van der Waals surface area contributed by atoms with Crippen LogP contribution >= 0.6 is 0 Å². The average Bonchev–Trinajstić information content (AvgIpc) is 3.04. The van der Waals surface area contributed by atoms with E-state index >= 15 is 0 Å². The van der Waals surface area contributed by atoms with Crippen molar-refractivity contribution in [3.8, 4) is 0 Å². The van der Waals surface area contributed by atoms with Crippen LogP contribution in [-0.2, 0) is 22.5 Å². The fraction of sp³-hybridized carbons (Fsp3) is 0.688. The molecule has 0 aliphatic carbocycles. The molecule has 0 spiro atoms. The zero-order valence-electron chi connectivity index (χ0n) is 13.4. The van der Waals surface area contributed by atoms with Crippen LogP contribution in [0.2, 0.25) is 0 Å². The molecule has 0 aromatic carbocycles. The van der Waals surface area contributed by atoms with Crippen LogP contribution in [0.5, 0.6) is 0 Å². The standard InChI is InChI=1S/C16H24N4O2/c1-19(2)15-10-12-11-20(8-7-14(12)17-18-15)16(21)6-5-13-4-3-9-22-13/h10,13H,3-9,11H2,1-2H3/t13-/m0/s1. The smallest absolute Gasteiger partial charge is 0.222 e. The van der Waals surface area contributed by atoms with Gasteiger partial charge in [0.2, 0.25) is 5.91 Å². The Hall–Kier alpha value is -1.69. The Kier molecular flexibility index (Phi) is 4.57. The molecule has 2 aliphatic rings. The molecule has 1 atom stereocenters. The first-order valence-corrected chi connectivity index (χ1v) is 8.05. The van der Waals surface area contributed by atoms with Gasteiger partial charge in [-0.2, -0.15) is 5.10 Å². The zero-order chi connectivity index (χ0) is 15.5. The first-order valence-electron chi connectivity index (χ1n) is 8.05. The van der Waals surface area contributed by atoms with Crippen molar-refractivity contribution in [2.75, 3.05) is 32.1 Å². The summed E-state index contributed by atoms with van der Waals surface area (Å²) >= 11 is 0. The summed E-state index contributed by atoms with van der Waals surface area (Å²) < 4.78 is 5.59. The number of ether oxygens (including phenoxy) is 1. The highest BCUT2D eigenvalue weighted by Crippen LogP contribution is 2.22. The summed E-state index contributed by atoms with van der Waals surface area (Å²) in [6.07, 6.45) is 4.73. The molecule has 0 saturated carbocycles. The number of hydrogen-bond acceptors (Lipinski definition) is 5. The van der Waals surface area contributed by atoms with Gasteiger partial charge in [-0.05, 0) is 30.9 Å². The minimum atomic E-state index is 0.226. The Labute approximate surface area is 131 Å². The molecule has 120 valence electrons. The van der Waals surface area contributed by atoms with Gasteiger partial charge in [-0.3, -0.25) is 4.79 Å². The first kappa shape index (κ1) is 15.2. The lowest BCUT2D eigenvalue weighted by Gasteiger charge is -2.29. The van der Waals surface area contributed by atoms with E-state index in [9.17, 15) is 4.79 Å². The average molecular weight is 304 g/mol. The number of carbonyl (C=O) groups is 1. The van der Waals surface area contributed by atoms with Gasteiger partial charge < -0.3 is 14.5 Å². The van der Waals surface area contributed by atoms with Gasteiger partial charge in [0, 0.05) is 46.6 Å². The van der Waals surface area contributed by atoms with Crippen LogP contribution < -0.4 is 4.90 Å². The SMILES string of the molecule is CN(C)c1cc2c(nn1)CCN(C(=O)CC[C@@H]1CCCO1)C2. The lowest BCUT2D eigenvalue weighted by Crippen LogP contribution is -2.37. The van der Waals surface area contributed by atoms with E-state index < -0.39 is 0 Å². The third kappa shape index (κ3) is 3.38. The second-order valence-electron chi connectivity index (χ2n) is 6.31. The number of anilines is 1. The van der Waals surface area contributed by atoms with Crippen LogP contribution in [-0.4, -0.2) is 54.4 Å². The highest BCUT2D eigenvalue weighted by molar-refractivity contribution is 5.76. The molecular weight excluding hydrogens is 280 g/mol. The van der Waals surface area contributed by atoms with E-state index in [1.54, 1.807) is 0 Å². The fourth-order valence-electron chi connectivity index (χ4n) is 3.06. The second kappa shape index (κ2) is 6.60. The van der Waals surface area contributed by atoms with Gasteiger partial charge >= 0.3 is 0 Å². The number of amides is 1. The summed E-state index contributed by atoms with van der Waals surface area (Å²) in [7, 11) is 3.90. The van der Waals surface area contributed by atoms with Crippen LogP contribution in [0.25, 0.3) is 0 Å². The number of hydrogen-bond donors (Lipinski definition) is 0. The Morgan fingerprint density at radius 3 is 3.05 bits per heavy atom. The third-order valence-corrected chi connectivity index (χ3v) is 4.44. The van der Waals surface area contributed by atoms with Gasteiger partial charge in [0.05, 0.1) is 11.8 Å². The second-order valence-corrected chi connectivity index (χ2v) is 6.31. The normalized spacial score (nSPS) is 20.8. The van der Waals surface area contributed by atoms with E-state index in [-0.39, 0.29) is 12.0 Å². The fourth-order valence-corrected chi connectivity index (χ4v) is 3.06. The van der Waals surface area contributed by atoms with E-state index in [1.165, 1.54) is 0 Å². The van der Waals surface area contributed by atoms with Gasteiger partial charge in [-0.25, -0.2) is 0 Å². The van der Waals surface area contributed by atoms with Crippen molar-refractivity contribution < 1.29 is 9.53 Å². The molecule has 2 aliphatic heterocycles. The number of aromatic nitrogens is 2. The molecule has 0 N–H and O–H groups in total. The number of fused-ring (bicyclic) bond motifs is 1. The molecule has 6 heteroatoms. The quantitative estimate of drug-likeness (QED) is 0.841. The molecule has 0 radical (unpaired) electrons. The van der Waals surface area contributed by atoms with Crippen LogP contribution in [0.3, 0.4) is 0 Å². The van der Waals surface area contributed by atoms with Crippen molar-refractivity contribution in [3.63, 3.8) is 0 Å². The number of rotatable bonds is 4.